The van der Waals surface area contributed by atoms with Gasteiger partial charge < -0.3 is 17.8 Å². The van der Waals surface area contributed by atoms with E-state index in [1.807, 2.05) is 0 Å². The molecule has 0 atom stereocenters. The topological polar surface area (TPSA) is 27.7 Å². The lowest BCUT2D eigenvalue weighted by molar-refractivity contribution is -0.888. The van der Waals surface area contributed by atoms with Crippen molar-refractivity contribution in [2.45, 2.75) is 116 Å². The molecular formula is C25H56NO3Si+. The molecule has 0 fully saturated rings. The van der Waals surface area contributed by atoms with Gasteiger partial charge in [0.15, 0.2) is 0 Å². The maximum absolute atomic E-state index is 5.55. The van der Waals surface area contributed by atoms with E-state index in [0.29, 0.717) is 0 Å². The lowest BCUT2D eigenvalue weighted by atomic mass is 10.0. The van der Waals surface area contributed by atoms with Gasteiger partial charge in [0, 0.05) is 21.3 Å². The molecule has 0 amide bonds. The van der Waals surface area contributed by atoms with Crippen LogP contribution in [0.3, 0.4) is 0 Å². The molecule has 0 spiro atoms. The zero-order valence-corrected chi connectivity index (χ0v) is 22.6. The van der Waals surface area contributed by atoms with Crippen LogP contribution in [0.1, 0.15) is 110 Å². The minimum absolute atomic E-state index is 0.877. The molecule has 0 aliphatic rings. The van der Waals surface area contributed by atoms with Crippen molar-refractivity contribution < 1.29 is 17.8 Å². The second kappa shape index (κ2) is 19.7. The summed E-state index contributed by atoms with van der Waals surface area (Å²) in [4.78, 5) is 0. The Kier molecular flexibility index (Phi) is 19.8. The van der Waals surface area contributed by atoms with Gasteiger partial charge in [-0.15, -0.1) is 0 Å². The number of nitrogens with zero attached hydrogens (tertiary/aromatic N) is 1. The molecule has 0 aliphatic heterocycles. The summed E-state index contributed by atoms with van der Waals surface area (Å²) in [7, 11) is 7.30. The van der Waals surface area contributed by atoms with Crippen molar-refractivity contribution >= 4 is 8.80 Å². The molecule has 0 aromatic rings. The predicted molar refractivity (Wildman–Crippen MR) is 133 cm³/mol. The lowest BCUT2D eigenvalue weighted by Crippen LogP contribution is -2.49. The Hall–Kier alpha value is 0.0569. The molecule has 5 heteroatoms. The molecule has 0 aliphatic carbocycles. The normalized spacial score (nSPS) is 12.6. The molecule has 0 aromatic heterocycles. The van der Waals surface area contributed by atoms with Gasteiger partial charge in [0.2, 0.25) is 0 Å². The van der Waals surface area contributed by atoms with Crippen LogP contribution in [0.2, 0.25) is 6.04 Å². The minimum Gasteiger partial charge on any atom is -0.377 e. The third-order valence-electron chi connectivity index (χ3n) is 6.57. The van der Waals surface area contributed by atoms with Crippen molar-refractivity contribution in [2.24, 2.45) is 0 Å². The summed E-state index contributed by atoms with van der Waals surface area (Å²) in [6.07, 6.45) is 22.8. The number of hydrogen-bond donors (Lipinski definition) is 0. The molecule has 30 heavy (non-hydrogen) atoms. The zero-order chi connectivity index (χ0) is 22.6. The highest BCUT2D eigenvalue weighted by molar-refractivity contribution is 6.60. The first kappa shape index (κ1) is 30.1. The summed E-state index contributed by atoms with van der Waals surface area (Å²) >= 11 is 0. The van der Waals surface area contributed by atoms with Crippen LogP contribution >= 0.6 is 0 Å². The Labute approximate surface area is 191 Å². The quantitative estimate of drug-likeness (QED) is 0.0943. The van der Waals surface area contributed by atoms with E-state index in [1.54, 1.807) is 21.3 Å². The summed E-state index contributed by atoms with van der Waals surface area (Å²) in [5.74, 6) is 0. The third kappa shape index (κ3) is 16.7. The average molecular weight is 447 g/mol. The first-order chi connectivity index (χ1) is 14.4. The molecule has 0 aromatic carbocycles. The van der Waals surface area contributed by atoms with Crippen molar-refractivity contribution in [1.29, 1.82) is 0 Å². The summed E-state index contributed by atoms with van der Waals surface area (Å²) in [5.41, 5.74) is 0. The van der Waals surface area contributed by atoms with Crippen molar-refractivity contribution in [1.82, 2.24) is 0 Å². The highest BCUT2D eigenvalue weighted by atomic mass is 28.4. The summed E-state index contributed by atoms with van der Waals surface area (Å²) in [6, 6.07) is 0.877. The lowest BCUT2D eigenvalue weighted by Gasteiger charge is -2.33. The molecule has 0 unspecified atom stereocenters. The molecule has 0 saturated carbocycles. The fourth-order valence-corrected chi connectivity index (χ4v) is 6.19. The first-order valence-corrected chi connectivity index (χ1v) is 14.9. The Bertz CT molecular complexity index is 354. The van der Waals surface area contributed by atoms with Crippen molar-refractivity contribution in [3.05, 3.63) is 0 Å². The second-order valence-electron chi connectivity index (χ2n) is 9.73. The van der Waals surface area contributed by atoms with Crippen molar-refractivity contribution in [3.63, 3.8) is 0 Å². The monoisotopic (exact) mass is 446 g/mol. The maximum Gasteiger partial charge on any atom is 0.505 e. The average Bonchev–Trinajstić information content (AvgIpc) is 2.75. The van der Waals surface area contributed by atoms with Crippen LogP contribution < -0.4 is 0 Å². The van der Waals surface area contributed by atoms with Gasteiger partial charge in [0.05, 0.1) is 33.2 Å². The SMILES string of the molecule is CCCCCCCCCCCCCCCCCC[N+](C)(C)CC[Si](OC)(OC)OC. The van der Waals surface area contributed by atoms with Gasteiger partial charge in [0.25, 0.3) is 0 Å². The fraction of sp³-hybridized carbons (Fsp3) is 1.00. The van der Waals surface area contributed by atoms with Crippen LogP contribution in [0, 0.1) is 0 Å². The predicted octanol–water partition coefficient (Wildman–Crippen LogP) is 7.20. The molecule has 0 saturated heterocycles. The van der Waals surface area contributed by atoms with Gasteiger partial charge in [0.1, 0.15) is 0 Å². The summed E-state index contributed by atoms with van der Waals surface area (Å²) in [6.45, 7) is 4.56. The zero-order valence-electron chi connectivity index (χ0n) is 21.6. The number of unbranched alkanes of at least 4 members (excludes halogenated alkanes) is 15. The second-order valence-corrected chi connectivity index (χ2v) is 12.8. The Balaban J connectivity index is 3.48. The van der Waals surface area contributed by atoms with Gasteiger partial charge in [-0.05, 0) is 12.8 Å². The van der Waals surface area contributed by atoms with E-state index in [9.17, 15) is 0 Å². The molecule has 0 bridgehead atoms. The fourth-order valence-electron chi connectivity index (χ4n) is 4.20. The molecular weight excluding hydrogens is 390 g/mol. The number of quaternary nitrogens is 1. The Morgan fingerprint density at radius 3 is 1.17 bits per heavy atom. The molecule has 4 nitrogen and oxygen atoms in total. The van der Waals surface area contributed by atoms with E-state index in [-0.39, 0.29) is 0 Å². The largest absolute Gasteiger partial charge is 0.505 e. The maximum atomic E-state index is 5.55. The summed E-state index contributed by atoms with van der Waals surface area (Å²) < 4.78 is 17.7. The van der Waals surface area contributed by atoms with Gasteiger partial charge >= 0.3 is 8.80 Å². The van der Waals surface area contributed by atoms with E-state index in [1.165, 1.54) is 109 Å². The van der Waals surface area contributed by atoms with Crippen LogP contribution in [0.4, 0.5) is 0 Å². The van der Waals surface area contributed by atoms with Crippen LogP contribution in [-0.2, 0) is 13.3 Å². The Morgan fingerprint density at radius 1 is 0.500 bits per heavy atom. The van der Waals surface area contributed by atoms with E-state index in [0.717, 1.165) is 17.1 Å². The first-order valence-electron chi connectivity index (χ1n) is 12.9. The van der Waals surface area contributed by atoms with Gasteiger partial charge in [-0.1, -0.05) is 96.8 Å². The highest BCUT2D eigenvalue weighted by Crippen LogP contribution is 2.17. The van der Waals surface area contributed by atoms with Gasteiger partial charge in [-0.3, -0.25) is 0 Å². The van der Waals surface area contributed by atoms with Crippen molar-refractivity contribution in [2.75, 3.05) is 48.5 Å². The molecule has 0 radical (unpaired) electrons. The third-order valence-corrected chi connectivity index (χ3v) is 9.28. The highest BCUT2D eigenvalue weighted by Gasteiger charge is 2.39. The van der Waals surface area contributed by atoms with E-state index in [2.05, 4.69) is 21.0 Å². The van der Waals surface area contributed by atoms with Gasteiger partial charge in [-0.2, -0.15) is 0 Å². The summed E-state index contributed by atoms with van der Waals surface area (Å²) in [5, 5.41) is 0. The van der Waals surface area contributed by atoms with Crippen LogP contribution in [-0.4, -0.2) is 61.8 Å². The Morgan fingerprint density at radius 2 is 0.833 bits per heavy atom. The minimum atomic E-state index is -2.43. The molecule has 0 heterocycles. The molecule has 0 N–H and O–H groups in total. The van der Waals surface area contributed by atoms with Crippen LogP contribution in [0.15, 0.2) is 0 Å². The number of hydrogen-bond acceptors (Lipinski definition) is 3. The molecule has 0 rings (SSSR count). The molecule has 182 valence electrons. The van der Waals surface area contributed by atoms with E-state index >= 15 is 0 Å². The van der Waals surface area contributed by atoms with Crippen molar-refractivity contribution in [3.8, 4) is 0 Å². The van der Waals surface area contributed by atoms with Gasteiger partial charge in [-0.25, -0.2) is 0 Å². The van der Waals surface area contributed by atoms with Crippen LogP contribution in [0.25, 0.3) is 0 Å². The van der Waals surface area contributed by atoms with Crippen LogP contribution in [0.5, 0.6) is 0 Å². The number of rotatable bonds is 23. The van der Waals surface area contributed by atoms with E-state index < -0.39 is 8.80 Å². The standard InChI is InChI=1S/C25H56NO3Si/c1-7-8-9-10-11-12-13-14-15-16-17-18-19-20-21-22-23-26(2,3)24-25-30(27-4,28-5)29-6/h7-25H2,1-6H3/q+1. The van der Waals surface area contributed by atoms with E-state index in [4.69, 9.17) is 13.3 Å². The smallest absolute Gasteiger partial charge is 0.377 e.